The summed E-state index contributed by atoms with van der Waals surface area (Å²) in [4.78, 5) is 21.0. The van der Waals surface area contributed by atoms with Gasteiger partial charge in [0, 0.05) is 18.1 Å². The first-order valence-corrected chi connectivity index (χ1v) is 8.99. The molecule has 0 saturated carbocycles. The number of nitrogens with one attached hydrogen (secondary N) is 1. The molecule has 3 heterocycles. The van der Waals surface area contributed by atoms with Crippen molar-refractivity contribution in [2.24, 2.45) is 7.05 Å². The van der Waals surface area contributed by atoms with Crippen molar-refractivity contribution in [1.29, 1.82) is 0 Å². The number of ether oxygens (including phenoxy) is 1. The van der Waals surface area contributed by atoms with E-state index in [0.29, 0.717) is 33.9 Å². The molecule has 0 aliphatic carbocycles. The molecular weight excluding hydrogens is 394 g/mol. The molecule has 3 aromatic heterocycles. The normalized spacial score (nSPS) is 10.7. The predicted octanol–water partition coefficient (Wildman–Crippen LogP) is 3.40. The maximum atomic E-state index is 12.8. The van der Waals surface area contributed by atoms with Crippen LogP contribution in [-0.4, -0.2) is 35.4 Å². The van der Waals surface area contributed by atoms with E-state index in [1.807, 2.05) is 0 Å². The topological polar surface area (TPSA) is 99.8 Å². The van der Waals surface area contributed by atoms with Gasteiger partial charge in [-0.1, -0.05) is 17.7 Å². The summed E-state index contributed by atoms with van der Waals surface area (Å²) in [5, 5.41) is 11.9. The molecule has 10 heteroatoms. The molecule has 0 fully saturated rings. The van der Waals surface area contributed by atoms with Crippen LogP contribution in [-0.2, 0) is 7.05 Å². The van der Waals surface area contributed by atoms with E-state index in [0.717, 1.165) is 0 Å². The average Bonchev–Trinajstić information content (AvgIpc) is 3.32. The number of hydrogen-bond acceptors (Lipinski definition) is 6. The Kier molecular flexibility index (Phi) is 4.96. The fourth-order valence-corrected chi connectivity index (χ4v) is 2.90. The van der Waals surface area contributed by atoms with Crippen LogP contribution in [0.2, 0.25) is 5.02 Å². The highest BCUT2D eigenvalue weighted by Crippen LogP contribution is 2.25. The zero-order valence-electron chi connectivity index (χ0n) is 15.6. The first-order chi connectivity index (χ1) is 14.0. The zero-order valence-corrected chi connectivity index (χ0v) is 16.3. The number of hydrogen-bond donors (Lipinski definition) is 1. The van der Waals surface area contributed by atoms with Gasteiger partial charge in [0.25, 0.3) is 5.91 Å². The maximum Gasteiger partial charge on any atom is 0.274 e. The van der Waals surface area contributed by atoms with Crippen molar-refractivity contribution in [2.45, 2.75) is 6.92 Å². The van der Waals surface area contributed by atoms with Crippen LogP contribution in [0.15, 0.2) is 55.1 Å². The highest BCUT2D eigenvalue weighted by atomic mass is 35.5. The maximum absolute atomic E-state index is 12.8. The van der Waals surface area contributed by atoms with Gasteiger partial charge in [-0.05, 0) is 37.3 Å². The zero-order chi connectivity index (χ0) is 20.4. The standard InChI is InChI=1S/C19H16ClN7O2/c1-12-17(19(26(2)25-12)27-11-21-10-22-27)24-18(28)15-4-3-5-16(23-15)29-14-8-6-13(20)7-9-14/h3-11H,1-2H3,(H,24,28). The van der Waals surface area contributed by atoms with Gasteiger partial charge >= 0.3 is 0 Å². The highest BCUT2D eigenvalue weighted by molar-refractivity contribution is 6.30. The number of aryl methyl sites for hydroxylation is 2. The number of rotatable bonds is 5. The first-order valence-electron chi connectivity index (χ1n) is 8.61. The third-order valence-corrected chi connectivity index (χ3v) is 4.31. The minimum Gasteiger partial charge on any atom is -0.439 e. The van der Waals surface area contributed by atoms with Crippen molar-refractivity contribution in [3.63, 3.8) is 0 Å². The van der Waals surface area contributed by atoms with Gasteiger partial charge in [0.1, 0.15) is 29.8 Å². The fourth-order valence-electron chi connectivity index (χ4n) is 2.77. The van der Waals surface area contributed by atoms with Crippen LogP contribution in [0.3, 0.4) is 0 Å². The minimum atomic E-state index is -0.399. The molecule has 4 rings (SSSR count). The summed E-state index contributed by atoms with van der Waals surface area (Å²) in [6.07, 6.45) is 2.94. The van der Waals surface area contributed by atoms with Gasteiger partial charge in [0.15, 0.2) is 5.82 Å². The van der Waals surface area contributed by atoms with E-state index in [4.69, 9.17) is 16.3 Å². The monoisotopic (exact) mass is 409 g/mol. The highest BCUT2D eigenvalue weighted by Gasteiger charge is 2.19. The van der Waals surface area contributed by atoms with E-state index in [9.17, 15) is 4.79 Å². The molecule has 0 bridgehead atoms. The number of carbonyl (C=O) groups excluding carboxylic acids is 1. The summed E-state index contributed by atoms with van der Waals surface area (Å²) in [7, 11) is 1.76. The third kappa shape index (κ3) is 3.94. The number of halogens is 1. The van der Waals surface area contributed by atoms with Gasteiger partial charge in [-0.3, -0.25) is 4.79 Å². The molecule has 0 spiro atoms. The van der Waals surface area contributed by atoms with E-state index in [-0.39, 0.29) is 5.69 Å². The molecule has 0 aliphatic heterocycles. The lowest BCUT2D eigenvalue weighted by Crippen LogP contribution is -2.16. The Morgan fingerprint density at radius 2 is 1.97 bits per heavy atom. The van der Waals surface area contributed by atoms with Gasteiger partial charge in [0.2, 0.25) is 5.88 Å². The summed E-state index contributed by atoms with van der Waals surface area (Å²) in [5.41, 5.74) is 1.36. The smallest absolute Gasteiger partial charge is 0.274 e. The molecule has 29 heavy (non-hydrogen) atoms. The van der Waals surface area contributed by atoms with Gasteiger partial charge in [-0.15, -0.1) is 0 Å². The molecule has 0 saturated heterocycles. The van der Waals surface area contributed by atoms with Crippen molar-refractivity contribution in [3.8, 4) is 17.4 Å². The van der Waals surface area contributed by atoms with Crippen molar-refractivity contribution in [1.82, 2.24) is 29.5 Å². The van der Waals surface area contributed by atoms with E-state index in [1.54, 1.807) is 61.1 Å². The molecule has 0 radical (unpaired) electrons. The predicted molar refractivity (Wildman–Crippen MR) is 107 cm³/mol. The molecule has 0 unspecified atom stereocenters. The van der Waals surface area contributed by atoms with Crippen LogP contribution in [0.4, 0.5) is 5.69 Å². The number of carbonyl (C=O) groups is 1. The van der Waals surface area contributed by atoms with Crippen LogP contribution >= 0.6 is 11.6 Å². The van der Waals surface area contributed by atoms with Gasteiger partial charge in [-0.25, -0.2) is 19.3 Å². The second kappa shape index (κ2) is 7.72. The lowest BCUT2D eigenvalue weighted by atomic mass is 10.3. The Hall–Kier alpha value is -3.72. The number of anilines is 1. The molecule has 146 valence electrons. The molecule has 4 aromatic rings. The summed E-state index contributed by atoms with van der Waals surface area (Å²) in [6, 6.07) is 11.8. The van der Waals surface area contributed by atoms with Crippen molar-refractivity contribution in [3.05, 3.63) is 71.5 Å². The van der Waals surface area contributed by atoms with Crippen LogP contribution in [0.25, 0.3) is 5.82 Å². The summed E-state index contributed by atoms with van der Waals surface area (Å²) in [5.74, 6) is 1.04. The SMILES string of the molecule is Cc1nn(C)c(-n2cncn2)c1NC(=O)c1cccc(Oc2ccc(Cl)cc2)n1. The number of nitrogens with zero attached hydrogens (tertiary/aromatic N) is 6. The second-order valence-corrected chi connectivity index (χ2v) is 6.56. The molecular formula is C19H16ClN7O2. The van der Waals surface area contributed by atoms with E-state index < -0.39 is 5.91 Å². The number of aromatic nitrogens is 6. The van der Waals surface area contributed by atoms with E-state index in [1.165, 1.54) is 17.3 Å². The van der Waals surface area contributed by atoms with Crippen molar-refractivity contribution < 1.29 is 9.53 Å². The van der Waals surface area contributed by atoms with Crippen LogP contribution < -0.4 is 10.1 Å². The summed E-state index contributed by atoms with van der Waals surface area (Å²) >= 11 is 5.88. The Labute approximate surface area is 170 Å². The average molecular weight is 410 g/mol. The molecule has 1 N–H and O–H groups in total. The Morgan fingerprint density at radius 3 is 2.69 bits per heavy atom. The Bertz CT molecular complexity index is 1150. The lowest BCUT2D eigenvalue weighted by Gasteiger charge is -2.09. The largest absolute Gasteiger partial charge is 0.439 e. The van der Waals surface area contributed by atoms with Gasteiger partial charge in [0.05, 0.1) is 5.69 Å². The Balaban J connectivity index is 1.58. The molecule has 0 aliphatic rings. The van der Waals surface area contributed by atoms with E-state index in [2.05, 4.69) is 25.5 Å². The quantitative estimate of drug-likeness (QED) is 0.542. The number of benzene rings is 1. The third-order valence-electron chi connectivity index (χ3n) is 4.06. The number of pyridine rings is 1. The van der Waals surface area contributed by atoms with Crippen LogP contribution in [0, 0.1) is 6.92 Å². The minimum absolute atomic E-state index is 0.198. The molecule has 0 atom stereocenters. The van der Waals surface area contributed by atoms with Crippen LogP contribution in [0.1, 0.15) is 16.2 Å². The molecule has 1 aromatic carbocycles. The van der Waals surface area contributed by atoms with Crippen molar-refractivity contribution >= 4 is 23.2 Å². The number of amides is 1. The summed E-state index contributed by atoms with van der Waals surface area (Å²) in [6.45, 7) is 1.80. The first kappa shape index (κ1) is 18.6. The van der Waals surface area contributed by atoms with Gasteiger partial charge < -0.3 is 10.1 Å². The lowest BCUT2D eigenvalue weighted by molar-refractivity contribution is 0.102. The second-order valence-electron chi connectivity index (χ2n) is 6.12. The summed E-state index contributed by atoms with van der Waals surface area (Å²) < 4.78 is 8.85. The fraction of sp³-hybridized carbons (Fsp3) is 0.105. The molecule has 9 nitrogen and oxygen atoms in total. The van der Waals surface area contributed by atoms with Gasteiger partial charge in [-0.2, -0.15) is 10.2 Å². The molecule has 1 amide bonds. The van der Waals surface area contributed by atoms with Crippen LogP contribution in [0.5, 0.6) is 11.6 Å². The van der Waals surface area contributed by atoms with E-state index >= 15 is 0 Å². The van der Waals surface area contributed by atoms with Crippen molar-refractivity contribution in [2.75, 3.05) is 5.32 Å². The Morgan fingerprint density at radius 1 is 1.17 bits per heavy atom.